The molecule has 1 aromatic carbocycles. The minimum absolute atomic E-state index is 0.0126. The minimum Gasteiger partial charge on any atom is -0.350 e. The molecule has 0 atom stereocenters. The van der Waals surface area contributed by atoms with Crippen LogP contribution in [0.4, 0.5) is 0 Å². The number of fused-ring (bicyclic) bond motifs is 1. The second-order valence-electron chi connectivity index (χ2n) is 7.02. The van der Waals surface area contributed by atoms with Gasteiger partial charge in [0.1, 0.15) is 6.54 Å². The molecule has 152 valence electrons. The maximum atomic E-state index is 12.7. The third-order valence-corrected chi connectivity index (χ3v) is 6.34. The van der Waals surface area contributed by atoms with Crippen molar-refractivity contribution in [2.45, 2.75) is 25.9 Å². The monoisotopic (exact) mass is 433 g/mol. The number of thiazole rings is 1. The summed E-state index contributed by atoms with van der Waals surface area (Å²) < 4.78 is 2.28. The van der Waals surface area contributed by atoms with Gasteiger partial charge in [-0.25, -0.2) is 4.98 Å². The molecule has 3 heterocycles. The van der Waals surface area contributed by atoms with Crippen LogP contribution in [0, 0.1) is 5.92 Å². The van der Waals surface area contributed by atoms with Crippen molar-refractivity contribution in [3.05, 3.63) is 51.1 Å². The molecule has 1 fully saturated rings. The van der Waals surface area contributed by atoms with Crippen molar-refractivity contribution in [3.63, 3.8) is 0 Å². The lowest BCUT2D eigenvalue weighted by molar-refractivity contribution is -0.136. The summed E-state index contributed by atoms with van der Waals surface area (Å²) in [6.45, 7) is 1.39. The quantitative estimate of drug-likeness (QED) is 0.642. The van der Waals surface area contributed by atoms with Gasteiger partial charge in [0.15, 0.2) is 0 Å². The first-order valence-corrected chi connectivity index (χ1v) is 10.5. The van der Waals surface area contributed by atoms with Crippen molar-refractivity contribution in [2.24, 2.45) is 5.92 Å². The van der Waals surface area contributed by atoms with E-state index in [4.69, 9.17) is 11.6 Å². The molecule has 8 nitrogen and oxygen atoms in total. The fourth-order valence-corrected chi connectivity index (χ4v) is 4.56. The smallest absolute Gasteiger partial charge is 0.308 e. The standard InChI is InChI=1S/C19H20ClN5O3S/c20-13-1-2-16-15(7-13)25(19(28)29-16)10-17(26)24-5-3-12(4-6-24)18(27)22-9-14-8-21-11-23-14/h1-2,7-8,11-12H,3-6,9-10H2,(H,21,23)(H,22,27). The highest BCUT2D eigenvalue weighted by Crippen LogP contribution is 2.22. The molecule has 1 saturated heterocycles. The second kappa shape index (κ2) is 8.38. The minimum atomic E-state index is -0.177. The number of aromatic nitrogens is 3. The largest absolute Gasteiger partial charge is 0.350 e. The highest BCUT2D eigenvalue weighted by Gasteiger charge is 2.27. The first-order chi connectivity index (χ1) is 14.0. The third kappa shape index (κ3) is 4.35. The highest BCUT2D eigenvalue weighted by molar-refractivity contribution is 7.16. The Balaban J connectivity index is 1.33. The first kappa shape index (κ1) is 19.7. The van der Waals surface area contributed by atoms with E-state index in [1.807, 2.05) is 0 Å². The zero-order valence-corrected chi connectivity index (χ0v) is 17.1. The van der Waals surface area contributed by atoms with Crippen LogP contribution in [0.15, 0.2) is 35.5 Å². The number of benzene rings is 1. The molecule has 4 rings (SSSR count). The number of amides is 2. The van der Waals surface area contributed by atoms with Crippen LogP contribution in [0.25, 0.3) is 10.2 Å². The van der Waals surface area contributed by atoms with Crippen molar-refractivity contribution in [1.29, 1.82) is 0 Å². The number of likely N-dealkylation sites (tertiary alicyclic amines) is 1. The summed E-state index contributed by atoms with van der Waals surface area (Å²) in [5, 5.41) is 3.42. The second-order valence-corrected chi connectivity index (χ2v) is 8.45. The Morgan fingerprint density at radius 1 is 1.31 bits per heavy atom. The SMILES string of the molecule is O=C(NCc1cnc[nH]1)C1CCN(C(=O)Cn2c(=O)sc3ccc(Cl)cc32)CC1. The van der Waals surface area contributed by atoms with Gasteiger partial charge < -0.3 is 15.2 Å². The Kier molecular flexibility index (Phi) is 5.68. The zero-order chi connectivity index (χ0) is 20.4. The molecule has 10 heteroatoms. The predicted octanol–water partition coefficient (Wildman–Crippen LogP) is 1.99. The lowest BCUT2D eigenvalue weighted by atomic mass is 9.96. The van der Waals surface area contributed by atoms with E-state index in [1.54, 1.807) is 35.6 Å². The van der Waals surface area contributed by atoms with Gasteiger partial charge in [-0.05, 0) is 31.0 Å². The fraction of sp³-hybridized carbons (Fsp3) is 0.368. The van der Waals surface area contributed by atoms with E-state index in [9.17, 15) is 14.4 Å². The van der Waals surface area contributed by atoms with Gasteiger partial charge in [0, 0.05) is 30.2 Å². The van der Waals surface area contributed by atoms with Crippen LogP contribution in [-0.2, 0) is 22.7 Å². The summed E-state index contributed by atoms with van der Waals surface area (Å²) in [4.78, 5) is 45.8. The van der Waals surface area contributed by atoms with E-state index in [2.05, 4.69) is 15.3 Å². The van der Waals surface area contributed by atoms with Crippen LogP contribution >= 0.6 is 22.9 Å². The van der Waals surface area contributed by atoms with Crippen LogP contribution in [-0.4, -0.2) is 44.3 Å². The number of hydrogen-bond acceptors (Lipinski definition) is 5. The molecule has 1 aliphatic rings. The summed E-state index contributed by atoms with van der Waals surface area (Å²) in [6.07, 6.45) is 4.45. The fourth-order valence-electron chi connectivity index (χ4n) is 3.52. The number of nitrogens with zero attached hydrogens (tertiary/aromatic N) is 3. The molecular formula is C19H20ClN5O3S. The Bertz CT molecular complexity index is 1080. The number of nitrogens with one attached hydrogen (secondary N) is 2. The maximum Gasteiger partial charge on any atom is 0.308 e. The number of halogens is 1. The number of imidazole rings is 1. The molecular weight excluding hydrogens is 414 g/mol. The van der Waals surface area contributed by atoms with Gasteiger partial charge in [-0.15, -0.1) is 0 Å². The van der Waals surface area contributed by atoms with Crippen LogP contribution in [0.2, 0.25) is 5.02 Å². The summed E-state index contributed by atoms with van der Waals surface area (Å²) in [5.74, 6) is -0.255. The first-order valence-electron chi connectivity index (χ1n) is 9.33. The van der Waals surface area contributed by atoms with Crippen LogP contribution < -0.4 is 10.2 Å². The van der Waals surface area contributed by atoms with Crippen molar-refractivity contribution < 1.29 is 9.59 Å². The van der Waals surface area contributed by atoms with E-state index < -0.39 is 0 Å². The average Bonchev–Trinajstić information content (AvgIpc) is 3.34. The normalized spacial score (nSPS) is 15.0. The van der Waals surface area contributed by atoms with Gasteiger partial charge in [0.05, 0.1) is 28.8 Å². The molecule has 3 aromatic rings. The molecule has 0 radical (unpaired) electrons. The molecule has 2 amide bonds. The number of carbonyl (C=O) groups is 2. The van der Waals surface area contributed by atoms with E-state index in [-0.39, 0.29) is 29.1 Å². The molecule has 0 spiro atoms. The summed E-state index contributed by atoms with van der Waals surface area (Å²) >= 11 is 7.14. The summed E-state index contributed by atoms with van der Waals surface area (Å²) in [5.41, 5.74) is 1.52. The zero-order valence-electron chi connectivity index (χ0n) is 15.6. The van der Waals surface area contributed by atoms with Gasteiger partial charge >= 0.3 is 4.87 Å². The molecule has 0 saturated carbocycles. The van der Waals surface area contributed by atoms with Crippen molar-refractivity contribution in [1.82, 2.24) is 24.8 Å². The summed E-state index contributed by atoms with van der Waals surface area (Å²) in [6, 6.07) is 5.23. The average molecular weight is 434 g/mol. The van der Waals surface area contributed by atoms with Gasteiger partial charge in [-0.1, -0.05) is 22.9 Å². The van der Waals surface area contributed by atoms with Gasteiger partial charge in [0.25, 0.3) is 0 Å². The lowest BCUT2D eigenvalue weighted by Crippen LogP contribution is -2.44. The molecule has 29 heavy (non-hydrogen) atoms. The highest BCUT2D eigenvalue weighted by atomic mass is 35.5. The van der Waals surface area contributed by atoms with Crippen LogP contribution in [0.1, 0.15) is 18.5 Å². The molecule has 1 aliphatic heterocycles. The van der Waals surface area contributed by atoms with Crippen molar-refractivity contribution in [2.75, 3.05) is 13.1 Å². The Labute approximate surface area is 175 Å². The number of piperidine rings is 1. The number of hydrogen-bond donors (Lipinski definition) is 2. The van der Waals surface area contributed by atoms with E-state index in [0.29, 0.717) is 43.0 Å². The molecule has 0 aliphatic carbocycles. The van der Waals surface area contributed by atoms with Crippen LogP contribution in [0.5, 0.6) is 0 Å². The maximum absolute atomic E-state index is 12.7. The molecule has 2 aromatic heterocycles. The van der Waals surface area contributed by atoms with Gasteiger partial charge in [-0.3, -0.25) is 19.0 Å². The third-order valence-electron chi connectivity index (χ3n) is 5.15. The number of aromatic amines is 1. The molecule has 0 bridgehead atoms. The summed E-state index contributed by atoms with van der Waals surface area (Å²) in [7, 11) is 0. The lowest BCUT2D eigenvalue weighted by Gasteiger charge is -2.31. The van der Waals surface area contributed by atoms with E-state index in [0.717, 1.165) is 21.7 Å². The molecule has 0 unspecified atom stereocenters. The van der Waals surface area contributed by atoms with Gasteiger partial charge in [-0.2, -0.15) is 0 Å². The van der Waals surface area contributed by atoms with Crippen molar-refractivity contribution >= 4 is 45.0 Å². The van der Waals surface area contributed by atoms with Crippen LogP contribution in [0.3, 0.4) is 0 Å². The molecule has 2 N–H and O–H groups in total. The number of rotatable bonds is 5. The van der Waals surface area contributed by atoms with Gasteiger partial charge in [0.2, 0.25) is 11.8 Å². The number of carbonyl (C=O) groups excluding carboxylic acids is 2. The topological polar surface area (TPSA) is 100 Å². The Morgan fingerprint density at radius 3 is 2.83 bits per heavy atom. The number of H-pyrrole nitrogens is 1. The van der Waals surface area contributed by atoms with Crippen molar-refractivity contribution in [3.8, 4) is 0 Å². The predicted molar refractivity (Wildman–Crippen MR) is 111 cm³/mol. The van der Waals surface area contributed by atoms with E-state index >= 15 is 0 Å². The van der Waals surface area contributed by atoms with E-state index in [1.165, 1.54) is 4.57 Å². The Hall–Kier alpha value is -2.65. The Morgan fingerprint density at radius 2 is 2.10 bits per heavy atom.